The first-order chi connectivity index (χ1) is 12.2. The molecular weight excluding hydrogens is 302 g/mol. The Morgan fingerprint density at radius 1 is 0.680 bits per heavy atom. The summed E-state index contributed by atoms with van der Waals surface area (Å²) in [6.07, 6.45) is 1.03. The van der Waals surface area contributed by atoms with E-state index in [-0.39, 0.29) is 5.54 Å². The Bertz CT molecular complexity index is 725. The SMILES string of the molecule is CCC(c1ccccc1)(C(C)C)N(c1ccccc1)c1ccccc1. The van der Waals surface area contributed by atoms with E-state index in [0.29, 0.717) is 5.92 Å². The summed E-state index contributed by atoms with van der Waals surface area (Å²) in [4.78, 5) is 2.52. The molecule has 1 heteroatoms. The maximum absolute atomic E-state index is 2.52. The van der Waals surface area contributed by atoms with Crippen LogP contribution in [-0.4, -0.2) is 0 Å². The number of para-hydroxylation sites is 2. The first-order valence-electron chi connectivity index (χ1n) is 9.16. The van der Waals surface area contributed by atoms with Gasteiger partial charge in [0.15, 0.2) is 0 Å². The Labute approximate surface area is 151 Å². The minimum absolute atomic E-state index is 0.107. The molecule has 0 amide bonds. The molecular formula is C24H27N. The lowest BCUT2D eigenvalue weighted by Crippen LogP contribution is -2.47. The van der Waals surface area contributed by atoms with Crippen molar-refractivity contribution in [2.75, 3.05) is 4.90 Å². The molecule has 0 bridgehead atoms. The molecule has 0 aliphatic heterocycles. The van der Waals surface area contributed by atoms with Crippen LogP contribution in [0.15, 0.2) is 91.0 Å². The van der Waals surface area contributed by atoms with Crippen molar-refractivity contribution in [3.05, 3.63) is 96.6 Å². The van der Waals surface area contributed by atoms with Crippen molar-refractivity contribution in [1.29, 1.82) is 0 Å². The summed E-state index contributed by atoms with van der Waals surface area (Å²) in [5, 5.41) is 0. The molecule has 1 nitrogen and oxygen atoms in total. The summed E-state index contributed by atoms with van der Waals surface area (Å²) in [7, 11) is 0. The summed E-state index contributed by atoms with van der Waals surface area (Å²) < 4.78 is 0. The Balaban J connectivity index is 2.28. The van der Waals surface area contributed by atoms with Crippen LogP contribution in [0.2, 0.25) is 0 Å². The largest absolute Gasteiger partial charge is 0.331 e. The molecule has 0 spiro atoms. The zero-order chi connectivity index (χ0) is 17.7. The van der Waals surface area contributed by atoms with E-state index < -0.39 is 0 Å². The predicted octanol–water partition coefficient (Wildman–Crippen LogP) is 6.79. The van der Waals surface area contributed by atoms with Gasteiger partial charge >= 0.3 is 0 Å². The lowest BCUT2D eigenvalue weighted by Gasteiger charge is -2.48. The van der Waals surface area contributed by atoms with E-state index in [9.17, 15) is 0 Å². The van der Waals surface area contributed by atoms with Gasteiger partial charge in [-0.15, -0.1) is 0 Å². The lowest BCUT2D eigenvalue weighted by atomic mass is 9.75. The van der Waals surface area contributed by atoms with Crippen LogP contribution in [-0.2, 0) is 5.54 Å². The van der Waals surface area contributed by atoms with Gasteiger partial charge in [0.2, 0.25) is 0 Å². The van der Waals surface area contributed by atoms with Crippen molar-refractivity contribution in [2.24, 2.45) is 5.92 Å². The molecule has 1 atom stereocenters. The fourth-order valence-corrected chi connectivity index (χ4v) is 3.98. The second kappa shape index (κ2) is 7.57. The maximum atomic E-state index is 2.52. The summed E-state index contributed by atoms with van der Waals surface area (Å²) >= 11 is 0. The molecule has 0 fully saturated rings. The molecule has 0 saturated carbocycles. The normalized spacial score (nSPS) is 13.4. The van der Waals surface area contributed by atoms with Crippen molar-refractivity contribution < 1.29 is 0 Å². The van der Waals surface area contributed by atoms with E-state index in [1.165, 1.54) is 16.9 Å². The van der Waals surface area contributed by atoms with E-state index in [4.69, 9.17) is 0 Å². The van der Waals surface area contributed by atoms with Crippen LogP contribution < -0.4 is 4.90 Å². The zero-order valence-electron chi connectivity index (χ0n) is 15.4. The average Bonchev–Trinajstić information content (AvgIpc) is 2.68. The highest BCUT2D eigenvalue weighted by Crippen LogP contribution is 2.46. The van der Waals surface area contributed by atoms with Crippen molar-refractivity contribution in [1.82, 2.24) is 0 Å². The Morgan fingerprint density at radius 3 is 1.44 bits per heavy atom. The molecule has 3 aromatic rings. The van der Waals surface area contributed by atoms with Gasteiger partial charge in [-0.3, -0.25) is 0 Å². The van der Waals surface area contributed by atoms with Gasteiger partial charge in [-0.25, -0.2) is 0 Å². The van der Waals surface area contributed by atoms with Crippen molar-refractivity contribution in [3.63, 3.8) is 0 Å². The summed E-state index contributed by atoms with van der Waals surface area (Å²) in [6, 6.07) is 32.4. The van der Waals surface area contributed by atoms with Gasteiger partial charge in [-0.1, -0.05) is 87.5 Å². The topological polar surface area (TPSA) is 3.24 Å². The van der Waals surface area contributed by atoms with Crippen molar-refractivity contribution >= 4 is 11.4 Å². The molecule has 0 radical (unpaired) electrons. The van der Waals surface area contributed by atoms with E-state index in [2.05, 4.69) is 117 Å². The number of benzene rings is 3. The van der Waals surface area contributed by atoms with E-state index in [1.54, 1.807) is 0 Å². The van der Waals surface area contributed by atoms with Crippen LogP contribution in [0.3, 0.4) is 0 Å². The molecule has 0 heterocycles. The van der Waals surface area contributed by atoms with Crippen molar-refractivity contribution in [3.8, 4) is 0 Å². The Morgan fingerprint density at radius 2 is 1.08 bits per heavy atom. The highest BCUT2D eigenvalue weighted by molar-refractivity contribution is 5.67. The second-order valence-corrected chi connectivity index (χ2v) is 6.81. The molecule has 1 unspecified atom stereocenters. The van der Waals surface area contributed by atoms with Gasteiger partial charge in [0.25, 0.3) is 0 Å². The van der Waals surface area contributed by atoms with E-state index in [0.717, 1.165) is 6.42 Å². The molecule has 0 saturated heterocycles. The summed E-state index contributed by atoms with van der Waals surface area (Å²) in [6.45, 7) is 6.96. The summed E-state index contributed by atoms with van der Waals surface area (Å²) in [5.74, 6) is 0.445. The predicted molar refractivity (Wildman–Crippen MR) is 108 cm³/mol. The molecule has 0 aliphatic carbocycles. The quantitative estimate of drug-likeness (QED) is 0.481. The molecule has 0 aliphatic rings. The van der Waals surface area contributed by atoms with E-state index in [1.807, 2.05) is 0 Å². The van der Waals surface area contributed by atoms with Crippen LogP contribution in [0.1, 0.15) is 32.8 Å². The first-order valence-corrected chi connectivity index (χ1v) is 9.16. The molecule has 25 heavy (non-hydrogen) atoms. The summed E-state index contributed by atoms with van der Waals surface area (Å²) in [5.41, 5.74) is 3.71. The third kappa shape index (κ3) is 3.19. The fourth-order valence-electron chi connectivity index (χ4n) is 3.98. The first kappa shape index (κ1) is 17.3. The standard InChI is InChI=1S/C24H27N/c1-4-24(20(2)3,21-14-8-5-9-15-21)25(22-16-10-6-11-17-22)23-18-12-7-13-19-23/h5-20H,4H2,1-3H3. The van der Waals surface area contributed by atoms with Crippen LogP contribution in [0.4, 0.5) is 11.4 Å². The number of nitrogens with zero attached hydrogens (tertiary/aromatic N) is 1. The Hall–Kier alpha value is -2.54. The number of anilines is 2. The van der Waals surface area contributed by atoms with Crippen LogP contribution in [0.5, 0.6) is 0 Å². The minimum atomic E-state index is -0.107. The third-order valence-corrected chi connectivity index (χ3v) is 5.20. The second-order valence-electron chi connectivity index (χ2n) is 6.81. The monoisotopic (exact) mass is 329 g/mol. The average molecular weight is 329 g/mol. The van der Waals surface area contributed by atoms with Crippen LogP contribution in [0.25, 0.3) is 0 Å². The van der Waals surface area contributed by atoms with Crippen molar-refractivity contribution in [2.45, 2.75) is 32.7 Å². The van der Waals surface area contributed by atoms with Gasteiger partial charge in [0, 0.05) is 11.4 Å². The smallest absolute Gasteiger partial charge is 0.0722 e. The molecule has 0 N–H and O–H groups in total. The highest BCUT2D eigenvalue weighted by atomic mass is 15.2. The number of rotatable bonds is 6. The van der Waals surface area contributed by atoms with Gasteiger partial charge in [-0.2, -0.15) is 0 Å². The van der Waals surface area contributed by atoms with Crippen LogP contribution in [0, 0.1) is 5.92 Å². The fraction of sp³-hybridized carbons (Fsp3) is 0.250. The van der Waals surface area contributed by atoms with Crippen LogP contribution >= 0.6 is 0 Å². The van der Waals surface area contributed by atoms with Gasteiger partial charge < -0.3 is 4.90 Å². The highest BCUT2D eigenvalue weighted by Gasteiger charge is 2.41. The van der Waals surface area contributed by atoms with Gasteiger partial charge in [0.05, 0.1) is 5.54 Å². The third-order valence-electron chi connectivity index (χ3n) is 5.20. The van der Waals surface area contributed by atoms with Gasteiger partial charge in [0.1, 0.15) is 0 Å². The zero-order valence-corrected chi connectivity index (χ0v) is 15.4. The minimum Gasteiger partial charge on any atom is -0.331 e. The van der Waals surface area contributed by atoms with Gasteiger partial charge in [-0.05, 0) is 42.2 Å². The molecule has 3 aromatic carbocycles. The number of hydrogen-bond acceptors (Lipinski definition) is 1. The molecule has 3 rings (SSSR count). The lowest BCUT2D eigenvalue weighted by molar-refractivity contribution is 0.301. The Kier molecular flexibility index (Phi) is 5.23. The van der Waals surface area contributed by atoms with E-state index >= 15 is 0 Å². The number of hydrogen-bond donors (Lipinski definition) is 0. The molecule has 128 valence electrons. The molecule has 0 aromatic heterocycles. The maximum Gasteiger partial charge on any atom is 0.0722 e.